The first-order valence-electron chi connectivity index (χ1n) is 10.5. The molecule has 3 aromatic rings. The molecule has 8 heteroatoms. The summed E-state index contributed by atoms with van der Waals surface area (Å²) >= 11 is 0. The lowest BCUT2D eigenvalue weighted by molar-refractivity contribution is -0.139. The second-order valence-corrected chi connectivity index (χ2v) is 7.74. The van der Waals surface area contributed by atoms with Crippen molar-refractivity contribution in [3.05, 3.63) is 76.9 Å². The van der Waals surface area contributed by atoms with Gasteiger partial charge in [0, 0.05) is 25.1 Å². The number of hydrogen-bond donors (Lipinski definition) is 0. The Bertz CT molecular complexity index is 1050. The topological polar surface area (TPSA) is 73.1 Å². The fourth-order valence-corrected chi connectivity index (χ4v) is 3.77. The number of morpholine rings is 1. The quantitative estimate of drug-likeness (QED) is 0.609. The molecule has 7 nitrogen and oxygen atoms in total. The second kappa shape index (κ2) is 9.34. The minimum atomic E-state index is -0.263. The number of carbonyl (C=O) groups is 1. The lowest BCUT2D eigenvalue weighted by Crippen LogP contribution is -2.42. The summed E-state index contributed by atoms with van der Waals surface area (Å²) in [5.41, 5.74) is 2.68. The summed E-state index contributed by atoms with van der Waals surface area (Å²) in [6, 6.07) is 12.2. The smallest absolute Gasteiger partial charge is 0.224 e. The van der Waals surface area contributed by atoms with Gasteiger partial charge in [-0.25, -0.2) is 14.1 Å². The van der Waals surface area contributed by atoms with Crippen LogP contribution >= 0.6 is 0 Å². The number of amides is 1. The van der Waals surface area contributed by atoms with Gasteiger partial charge in [-0.1, -0.05) is 18.2 Å². The zero-order chi connectivity index (χ0) is 21.8. The Morgan fingerprint density at radius 1 is 1.16 bits per heavy atom. The number of nitrogens with zero attached hydrogens (tertiary/aromatic N) is 5. The largest absolute Gasteiger partial charge is 0.368 e. The van der Waals surface area contributed by atoms with Crippen LogP contribution in [0.25, 0.3) is 0 Å². The van der Waals surface area contributed by atoms with Crippen molar-refractivity contribution in [3.63, 3.8) is 0 Å². The third-order valence-electron chi connectivity index (χ3n) is 5.38. The van der Waals surface area contributed by atoms with E-state index in [9.17, 15) is 9.18 Å². The van der Waals surface area contributed by atoms with Gasteiger partial charge in [0.1, 0.15) is 23.6 Å². The van der Waals surface area contributed by atoms with Crippen molar-refractivity contribution < 1.29 is 13.9 Å². The van der Waals surface area contributed by atoms with Crippen LogP contribution in [0.5, 0.6) is 0 Å². The van der Waals surface area contributed by atoms with Crippen molar-refractivity contribution >= 4 is 5.91 Å². The highest BCUT2D eigenvalue weighted by Gasteiger charge is 2.26. The molecular formula is C23H26FN5O2. The van der Waals surface area contributed by atoms with E-state index in [1.54, 1.807) is 16.8 Å². The minimum absolute atomic E-state index is 0.0725. The molecule has 1 atom stereocenters. The molecule has 162 valence electrons. The van der Waals surface area contributed by atoms with Gasteiger partial charge in [-0.15, -0.1) is 0 Å². The fourth-order valence-electron chi connectivity index (χ4n) is 3.77. The number of aromatic nitrogens is 4. The molecule has 0 N–H and O–H groups in total. The lowest BCUT2D eigenvalue weighted by Gasteiger charge is -2.33. The van der Waals surface area contributed by atoms with Crippen molar-refractivity contribution in [3.8, 4) is 0 Å². The van der Waals surface area contributed by atoms with Crippen LogP contribution in [0.1, 0.15) is 41.1 Å². The number of hydrogen-bond acceptors (Lipinski definition) is 5. The molecule has 0 spiro atoms. The van der Waals surface area contributed by atoms with Gasteiger partial charge in [-0.05, 0) is 43.7 Å². The number of pyridine rings is 1. The molecule has 0 aliphatic carbocycles. The number of rotatable bonds is 6. The molecule has 0 radical (unpaired) electrons. The lowest BCUT2D eigenvalue weighted by atomic mass is 10.1. The molecule has 31 heavy (non-hydrogen) atoms. The summed E-state index contributed by atoms with van der Waals surface area (Å²) in [5.74, 6) is 1.35. The minimum Gasteiger partial charge on any atom is -0.368 e. The molecule has 1 amide bonds. The number of carbonyl (C=O) groups excluding carboxylic acids is 1. The van der Waals surface area contributed by atoms with Crippen molar-refractivity contribution in [1.29, 1.82) is 0 Å². The highest BCUT2D eigenvalue weighted by molar-refractivity contribution is 5.76. The maximum Gasteiger partial charge on any atom is 0.224 e. The summed E-state index contributed by atoms with van der Waals surface area (Å²) in [5, 5.41) is 4.32. The van der Waals surface area contributed by atoms with E-state index in [4.69, 9.17) is 9.72 Å². The number of ether oxygens (including phenoxy) is 1. The van der Waals surface area contributed by atoms with Gasteiger partial charge < -0.3 is 9.64 Å². The number of halogens is 1. The Labute approximate surface area is 180 Å². The fraction of sp³-hybridized carbons (Fsp3) is 0.391. The van der Waals surface area contributed by atoms with Gasteiger partial charge in [0.25, 0.3) is 0 Å². The van der Waals surface area contributed by atoms with Crippen LogP contribution in [-0.2, 0) is 22.5 Å². The third kappa shape index (κ3) is 5.32. The molecule has 1 aliphatic heterocycles. The van der Waals surface area contributed by atoms with Crippen molar-refractivity contribution in [2.24, 2.45) is 0 Å². The average Bonchev–Trinajstić information content (AvgIpc) is 3.11. The van der Waals surface area contributed by atoms with E-state index < -0.39 is 0 Å². The standard InChI is InChI=1S/C23H26FN5O2/c1-16-25-17(2)29(27-16)11-10-23(30)28-12-13-31-22(15-28)21-5-3-4-20(26-21)14-18-6-8-19(24)9-7-18/h3-9,22H,10-15H2,1-2H3/t22-/m1/s1. The van der Waals surface area contributed by atoms with E-state index in [-0.39, 0.29) is 17.8 Å². The van der Waals surface area contributed by atoms with Gasteiger partial charge in [0.2, 0.25) is 5.91 Å². The van der Waals surface area contributed by atoms with E-state index in [0.717, 1.165) is 22.8 Å². The van der Waals surface area contributed by atoms with Gasteiger partial charge in [0.15, 0.2) is 0 Å². The summed E-state index contributed by atoms with van der Waals surface area (Å²) in [4.78, 5) is 23.6. The second-order valence-electron chi connectivity index (χ2n) is 7.74. The Morgan fingerprint density at radius 3 is 2.71 bits per heavy atom. The van der Waals surface area contributed by atoms with Crippen LogP contribution in [0, 0.1) is 19.7 Å². The molecule has 0 saturated carbocycles. The van der Waals surface area contributed by atoms with E-state index in [1.807, 2.05) is 36.9 Å². The average molecular weight is 423 g/mol. The van der Waals surface area contributed by atoms with Gasteiger partial charge >= 0.3 is 0 Å². The summed E-state index contributed by atoms with van der Waals surface area (Å²) < 4.78 is 20.8. The first kappa shape index (κ1) is 21.1. The SMILES string of the molecule is Cc1nc(C)n(CCC(=O)N2CCO[C@@H](c3cccc(Cc4ccc(F)cc4)n3)C2)n1. The van der Waals surface area contributed by atoms with E-state index in [2.05, 4.69) is 10.1 Å². The van der Waals surface area contributed by atoms with Crippen LogP contribution in [0.3, 0.4) is 0 Å². The summed E-state index contributed by atoms with van der Waals surface area (Å²) in [6.07, 6.45) is 0.718. The van der Waals surface area contributed by atoms with Crippen molar-refractivity contribution in [2.75, 3.05) is 19.7 Å². The molecular weight excluding hydrogens is 397 g/mol. The Hall–Kier alpha value is -3.13. The number of benzene rings is 1. The summed E-state index contributed by atoms with van der Waals surface area (Å²) in [7, 11) is 0. The van der Waals surface area contributed by atoms with E-state index in [0.29, 0.717) is 44.9 Å². The Balaban J connectivity index is 1.38. The molecule has 0 unspecified atom stereocenters. The Kier molecular flexibility index (Phi) is 6.36. The zero-order valence-corrected chi connectivity index (χ0v) is 17.8. The monoisotopic (exact) mass is 423 g/mol. The molecule has 1 saturated heterocycles. The highest BCUT2D eigenvalue weighted by atomic mass is 19.1. The molecule has 1 aliphatic rings. The molecule has 2 aromatic heterocycles. The molecule has 1 fully saturated rings. The zero-order valence-electron chi connectivity index (χ0n) is 17.8. The van der Waals surface area contributed by atoms with Crippen LogP contribution in [0.15, 0.2) is 42.5 Å². The maximum absolute atomic E-state index is 13.1. The van der Waals surface area contributed by atoms with E-state index >= 15 is 0 Å². The predicted octanol–water partition coefficient (Wildman–Crippen LogP) is 3.01. The van der Waals surface area contributed by atoms with Crippen LogP contribution in [0.4, 0.5) is 4.39 Å². The first-order chi connectivity index (χ1) is 15.0. The molecule has 0 bridgehead atoms. The van der Waals surface area contributed by atoms with Crippen molar-refractivity contribution in [1.82, 2.24) is 24.6 Å². The first-order valence-corrected chi connectivity index (χ1v) is 10.5. The van der Waals surface area contributed by atoms with E-state index in [1.165, 1.54) is 12.1 Å². The molecule has 1 aromatic carbocycles. The van der Waals surface area contributed by atoms with Crippen LogP contribution in [-0.4, -0.2) is 50.3 Å². The summed E-state index contributed by atoms with van der Waals surface area (Å²) in [6.45, 7) is 5.76. The van der Waals surface area contributed by atoms with Gasteiger partial charge in [-0.3, -0.25) is 9.78 Å². The Morgan fingerprint density at radius 2 is 1.97 bits per heavy atom. The van der Waals surface area contributed by atoms with Crippen LogP contribution < -0.4 is 0 Å². The predicted molar refractivity (Wildman–Crippen MR) is 113 cm³/mol. The van der Waals surface area contributed by atoms with Gasteiger partial charge in [-0.2, -0.15) is 5.10 Å². The normalized spacial score (nSPS) is 16.5. The van der Waals surface area contributed by atoms with Crippen molar-refractivity contribution in [2.45, 2.75) is 39.3 Å². The number of aryl methyl sites for hydroxylation is 3. The molecule has 4 rings (SSSR count). The maximum atomic E-state index is 13.1. The third-order valence-corrected chi connectivity index (χ3v) is 5.38. The van der Waals surface area contributed by atoms with Crippen LogP contribution in [0.2, 0.25) is 0 Å². The molecule has 3 heterocycles. The highest BCUT2D eigenvalue weighted by Crippen LogP contribution is 2.22. The van der Waals surface area contributed by atoms with Gasteiger partial charge in [0.05, 0.1) is 25.4 Å².